The van der Waals surface area contributed by atoms with Gasteiger partial charge in [-0.25, -0.2) is 13.8 Å². The molecular weight excluding hydrogens is 376 g/mol. The van der Waals surface area contributed by atoms with E-state index in [1.807, 2.05) is 4.57 Å². The number of hydrogen-bond acceptors (Lipinski definition) is 3. The van der Waals surface area contributed by atoms with Gasteiger partial charge in [0.15, 0.2) is 0 Å². The number of benzene rings is 1. The fourth-order valence-corrected chi connectivity index (χ4v) is 3.97. The Labute approximate surface area is 160 Å². The minimum atomic E-state index is -2.62. The van der Waals surface area contributed by atoms with E-state index in [9.17, 15) is 13.6 Å². The first-order chi connectivity index (χ1) is 12.9. The molecule has 5 nitrogen and oxygen atoms in total. The lowest BCUT2D eigenvalue weighted by molar-refractivity contribution is -0.0399. The molecule has 1 amide bonds. The van der Waals surface area contributed by atoms with E-state index in [2.05, 4.69) is 10.3 Å². The van der Waals surface area contributed by atoms with Gasteiger partial charge in [-0.05, 0) is 31.4 Å². The van der Waals surface area contributed by atoms with E-state index in [0.717, 1.165) is 5.69 Å². The average Bonchev–Trinajstić information content (AvgIpc) is 3.02. The Morgan fingerprint density at radius 3 is 2.89 bits per heavy atom. The molecule has 1 aromatic heterocycles. The Hall–Kier alpha value is -2.15. The van der Waals surface area contributed by atoms with Gasteiger partial charge in [0.05, 0.1) is 29.8 Å². The maximum Gasteiger partial charge on any atom is 0.251 e. The van der Waals surface area contributed by atoms with Gasteiger partial charge in [0.2, 0.25) is 5.92 Å². The molecule has 144 valence electrons. The monoisotopic (exact) mass is 395 g/mol. The zero-order chi connectivity index (χ0) is 19.2. The van der Waals surface area contributed by atoms with Crippen molar-refractivity contribution in [2.75, 3.05) is 6.61 Å². The number of amides is 1. The highest BCUT2D eigenvalue weighted by molar-refractivity contribution is 6.34. The van der Waals surface area contributed by atoms with Crippen LogP contribution in [0, 0.1) is 6.92 Å². The second-order valence-corrected chi connectivity index (χ2v) is 7.54. The van der Waals surface area contributed by atoms with Gasteiger partial charge in [0.1, 0.15) is 12.4 Å². The Kier molecular flexibility index (Phi) is 4.58. The third kappa shape index (κ3) is 3.40. The van der Waals surface area contributed by atoms with Gasteiger partial charge in [-0.3, -0.25) is 4.79 Å². The Bertz CT molecular complexity index is 887. The van der Waals surface area contributed by atoms with Crippen LogP contribution >= 0.6 is 11.6 Å². The molecular formula is C19H20ClF2N3O2. The van der Waals surface area contributed by atoms with Crippen LogP contribution in [0.1, 0.15) is 41.6 Å². The molecule has 1 aliphatic heterocycles. The number of nitrogens with one attached hydrogen (secondary N) is 1. The molecule has 4 rings (SSSR count). The lowest BCUT2D eigenvalue weighted by atomic mass is 9.91. The van der Waals surface area contributed by atoms with E-state index in [1.165, 1.54) is 0 Å². The van der Waals surface area contributed by atoms with Crippen LogP contribution in [0.5, 0.6) is 5.75 Å². The molecule has 2 aromatic rings. The highest BCUT2D eigenvalue weighted by Crippen LogP contribution is 2.41. The van der Waals surface area contributed by atoms with Crippen molar-refractivity contribution >= 4 is 17.5 Å². The zero-order valence-electron chi connectivity index (χ0n) is 14.9. The van der Waals surface area contributed by atoms with E-state index in [0.29, 0.717) is 40.6 Å². The van der Waals surface area contributed by atoms with Crippen molar-refractivity contribution < 1.29 is 18.3 Å². The maximum absolute atomic E-state index is 13.3. The lowest BCUT2D eigenvalue weighted by Crippen LogP contribution is -2.40. The number of carbonyl (C=O) groups excluding carboxylic acids is 1. The number of ether oxygens (including phenoxy) is 1. The van der Waals surface area contributed by atoms with Gasteiger partial charge in [-0.2, -0.15) is 0 Å². The lowest BCUT2D eigenvalue weighted by Gasteiger charge is -2.29. The minimum Gasteiger partial charge on any atom is -0.489 e. The predicted octanol–water partition coefficient (Wildman–Crippen LogP) is 4.21. The molecule has 1 aromatic carbocycles. The van der Waals surface area contributed by atoms with Crippen molar-refractivity contribution in [3.05, 3.63) is 34.7 Å². The molecule has 1 aliphatic carbocycles. The Morgan fingerprint density at radius 2 is 2.15 bits per heavy atom. The number of halogens is 3. The minimum absolute atomic E-state index is 0.200. The molecule has 1 saturated carbocycles. The standard InChI is InChI=1S/C19H20ClF2N3O2/c1-11-13(18(26)24-12-2-4-19(21,22)5-3-12)8-14-15-9-23-10-25(15)6-7-27-17(14)16(11)20/h8-10,12H,2-7H2,1H3,(H,24,26). The van der Waals surface area contributed by atoms with Crippen molar-refractivity contribution in [2.24, 2.45) is 0 Å². The van der Waals surface area contributed by atoms with Crippen LogP contribution in [0.4, 0.5) is 8.78 Å². The first kappa shape index (κ1) is 18.2. The number of fused-ring (bicyclic) bond motifs is 3. The van der Waals surface area contributed by atoms with E-state index in [4.69, 9.17) is 16.3 Å². The third-order valence-electron chi connectivity index (χ3n) is 5.33. The van der Waals surface area contributed by atoms with Crippen LogP contribution in [-0.4, -0.2) is 34.0 Å². The number of alkyl halides is 2. The molecule has 0 unspecified atom stereocenters. The summed E-state index contributed by atoms with van der Waals surface area (Å²) in [4.78, 5) is 17.0. The number of aromatic nitrogens is 2. The smallest absolute Gasteiger partial charge is 0.251 e. The van der Waals surface area contributed by atoms with Gasteiger partial charge in [0.25, 0.3) is 5.91 Å². The third-order valence-corrected chi connectivity index (χ3v) is 5.78. The van der Waals surface area contributed by atoms with Crippen LogP contribution in [-0.2, 0) is 6.54 Å². The van der Waals surface area contributed by atoms with Crippen LogP contribution in [0.25, 0.3) is 11.3 Å². The fourth-order valence-electron chi connectivity index (χ4n) is 3.71. The highest BCUT2D eigenvalue weighted by Gasteiger charge is 2.35. The fraction of sp³-hybridized carbons (Fsp3) is 0.474. The first-order valence-corrected chi connectivity index (χ1v) is 9.38. The van der Waals surface area contributed by atoms with Crippen LogP contribution in [0.3, 0.4) is 0 Å². The van der Waals surface area contributed by atoms with Crippen molar-refractivity contribution in [3.8, 4) is 17.0 Å². The zero-order valence-corrected chi connectivity index (χ0v) is 15.7. The molecule has 1 N–H and O–H groups in total. The quantitative estimate of drug-likeness (QED) is 0.828. The summed E-state index contributed by atoms with van der Waals surface area (Å²) in [5.41, 5.74) is 2.58. The number of imidazole rings is 1. The second kappa shape index (κ2) is 6.78. The molecule has 0 saturated heterocycles. The van der Waals surface area contributed by atoms with Crippen molar-refractivity contribution in [3.63, 3.8) is 0 Å². The molecule has 0 bridgehead atoms. The second-order valence-electron chi connectivity index (χ2n) is 7.16. The van der Waals surface area contributed by atoms with Gasteiger partial charge >= 0.3 is 0 Å². The van der Waals surface area contributed by atoms with Crippen molar-refractivity contribution in [1.82, 2.24) is 14.9 Å². The summed E-state index contributed by atoms with van der Waals surface area (Å²) in [5, 5.41) is 3.28. The first-order valence-electron chi connectivity index (χ1n) is 9.01. The molecule has 27 heavy (non-hydrogen) atoms. The van der Waals surface area contributed by atoms with Gasteiger partial charge in [0, 0.05) is 30.0 Å². The number of rotatable bonds is 2. The molecule has 0 atom stereocenters. The molecule has 2 heterocycles. The topological polar surface area (TPSA) is 56.1 Å². The van der Waals surface area contributed by atoms with Crippen LogP contribution < -0.4 is 10.1 Å². The average molecular weight is 396 g/mol. The number of hydrogen-bond donors (Lipinski definition) is 1. The highest BCUT2D eigenvalue weighted by atomic mass is 35.5. The van der Waals surface area contributed by atoms with E-state index < -0.39 is 5.92 Å². The predicted molar refractivity (Wildman–Crippen MR) is 97.6 cm³/mol. The molecule has 0 spiro atoms. The molecule has 0 radical (unpaired) electrons. The maximum atomic E-state index is 13.3. The summed E-state index contributed by atoms with van der Waals surface area (Å²) in [5.74, 6) is -2.38. The normalized spacial score (nSPS) is 18.8. The van der Waals surface area contributed by atoms with E-state index >= 15 is 0 Å². The summed E-state index contributed by atoms with van der Waals surface area (Å²) in [6, 6.07) is 1.50. The summed E-state index contributed by atoms with van der Waals surface area (Å²) < 4.78 is 34.4. The number of carbonyl (C=O) groups is 1. The molecule has 1 fully saturated rings. The van der Waals surface area contributed by atoms with E-state index in [1.54, 1.807) is 25.5 Å². The van der Waals surface area contributed by atoms with Crippen LogP contribution in [0.15, 0.2) is 18.6 Å². The van der Waals surface area contributed by atoms with E-state index in [-0.39, 0.29) is 37.6 Å². The summed E-state index contributed by atoms with van der Waals surface area (Å²) >= 11 is 6.51. The largest absolute Gasteiger partial charge is 0.489 e. The number of nitrogens with zero attached hydrogens (tertiary/aromatic N) is 2. The van der Waals surface area contributed by atoms with Gasteiger partial charge < -0.3 is 14.6 Å². The van der Waals surface area contributed by atoms with Crippen molar-refractivity contribution in [2.45, 2.75) is 51.1 Å². The SMILES string of the molecule is Cc1c(C(=O)NC2CCC(F)(F)CC2)cc2c(c1Cl)OCCn1cncc1-2. The van der Waals surface area contributed by atoms with Gasteiger partial charge in [-0.1, -0.05) is 11.6 Å². The summed E-state index contributed by atoms with van der Waals surface area (Å²) in [6.45, 7) is 2.85. The van der Waals surface area contributed by atoms with Crippen molar-refractivity contribution in [1.29, 1.82) is 0 Å². The van der Waals surface area contributed by atoms with Gasteiger partial charge in [-0.15, -0.1) is 0 Å². The summed E-state index contributed by atoms with van der Waals surface area (Å²) in [6.07, 6.45) is 3.57. The Morgan fingerprint density at radius 1 is 1.41 bits per heavy atom. The molecule has 8 heteroatoms. The summed E-state index contributed by atoms with van der Waals surface area (Å²) in [7, 11) is 0. The molecule has 2 aliphatic rings. The Balaban J connectivity index is 1.65. The van der Waals surface area contributed by atoms with Crippen LogP contribution in [0.2, 0.25) is 5.02 Å².